The minimum absolute atomic E-state index is 0.189. The molecule has 0 bridgehead atoms. The van der Waals surface area contributed by atoms with Crippen molar-refractivity contribution >= 4 is 23.1 Å². The molecule has 3 aromatic rings. The molecular formula is C22H23N3O2. The number of para-hydroxylation sites is 1. The number of aromatic nitrogens is 1. The number of benzene rings is 2. The fraction of sp³-hybridized carbons (Fsp3) is 0.182. The molecule has 3 rings (SSSR count). The van der Waals surface area contributed by atoms with Crippen molar-refractivity contribution in [3.05, 3.63) is 77.5 Å². The van der Waals surface area contributed by atoms with Gasteiger partial charge in [-0.1, -0.05) is 18.2 Å². The molecule has 5 nitrogen and oxygen atoms in total. The van der Waals surface area contributed by atoms with Gasteiger partial charge in [-0.2, -0.15) is 0 Å². The van der Waals surface area contributed by atoms with Crippen molar-refractivity contribution in [2.75, 3.05) is 17.2 Å². The SMILES string of the molecule is CCOc1ccc(NC(=O)c2ccnc(Nc3c(C)cccc3C)c2)cc1. The first-order valence-corrected chi connectivity index (χ1v) is 8.90. The summed E-state index contributed by atoms with van der Waals surface area (Å²) in [7, 11) is 0. The van der Waals surface area contributed by atoms with Gasteiger partial charge in [-0.25, -0.2) is 4.98 Å². The Bertz CT molecular complexity index is 916. The molecule has 1 amide bonds. The number of rotatable bonds is 6. The fourth-order valence-electron chi connectivity index (χ4n) is 2.78. The van der Waals surface area contributed by atoms with Gasteiger partial charge in [0.1, 0.15) is 11.6 Å². The smallest absolute Gasteiger partial charge is 0.255 e. The zero-order chi connectivity index (χ0) is 19.2. The van der Waals surface area contributed by atoms with Crippen LogP contribution in [-0.2, 0) is 0 Å². The molecule has 0 unspecified atom stereocenters. The molecule has 5 heteroatoms. The number of amides is 1. The molecule has 27 heavy (non-hydrogen) atoms. The van der Waals surface area contributed by atoms with E-state index in [0.29, 0.717) is 23.7 Å². The lowest BCUT2D eigenvalue weighted by molar-refractivity contribution is 0.102. The third-order valence-electron chi connectivity index (χ3n) is 4.18. The summed E-state index contributed by atoms with van der Waals surface area (Å²) in [4.78, 5) is 16.9. The van der Waals surface area contributed by atoms with Crippen LogP contribution in [0.2, 0.25) is 0 Å². The third kappa shape index (κ3) is 4.64. The Labute approximate surface area is 159 Å². The number of pyridine rings is 1. The van der Waals surface area contributed by atoms with Gasteiger partial charge in [0.15, 0.2) is 0 Å². The summed E-state index contributed by atoms with van der Waals surface area (Å²) in [6, 6.07) is 16.8. The third-order valence-corrected chi connectivity index (χ3v) is 4.18. The van der Waals surface area contributed by atoms with E-state index in [1.165, 1.54) is 0 Å². The summed E-state index contributed by atoms with van der Waals surface area (Å²) in [5.74, 6) is 1.22. The molecule has 0 atom stereocenters. The normalized spacial score (nSPS) is 10.3. The lowest BCUT2D eigenvalue weighted by Gasteiger charge is -2.13. The van der Waals surface area contributed by atoms with Crippen molar-refractivity contribution in [3.63, 3.8) is 0 Å². The summed E-state index contributed by atoms with van der Waals surface area (Å²) < 4.78 is 5.41. The van der Waals surface area contributed by atoms with Crippen molar-refractivity contribution in [1.29, 1.82) is 0 Å². The summed E-state index contributed by atoms with van der Waals surface area (Å²) >= 11 is 0. The Hall–Kier alpha value is -3.34. The van der Waals surface area contributed by atoms with E-state index in [2.05, 4.69) is 15.6 Å². The van der Waals surface area contributed by atoms with Crippen LogP contribution in [0.25, 0.3) is 0 Å². The molecule has 0 saturated heterocycles. The van der Waals surface area contributed by atoms with Crippen LogP contribution in [-0.4, -0.2) is 17.5 Å². The second-order valence-electron chi connectivity index (χ2n) is 6.23. The van der Waals surface area contributed by atoms with Crippen LogP contribution >= 0.6 is 0 Å². The zero-order valence-corrected chi connectivity index (χ0v) is 15.7. The number of carbonyl (C=O) groups is 1. The van der Waals surface area contributed by atoms with Crippen molar-refractivity contribution in [1.82, 2.24) is 4.98 Å². The van der Waals surface area contributed by atoms with Crippen molar-refractivity contribution in [3.8, 4) is 5.75 Å². The van der Waals surface area contributed by atoms with Gasteiger partial charge in [-0.3, -0.25) is 4.79 Å². The van der Waals surface area contributed by atoms with E-state index in [-0.39, 0.29) is 5.91 Å². The predicted octanol–water partition coefficient (Wildman–Crippen LogP) is 5.09. The molecular weight excluding hydrogens is 338 g/mol. The number of carbonyl (C=O) groups excluding carboxylic acids is 1. The number of ether oxygens (including phenoxy) is 1. The minimum Gasteiger partial charge on any atom is -0.494 e. The zero-order valence-electron chi connectivity index (χ0n) is 15.7. The fourth-order valence-corrected chi connectivity index (χ4v) is 2.78. The molecule has 1 aromatic heterocycles. The number of anilines is 3. The first kappa shape index (κ1) is 18.5. The second-order valence-corrected chi connectivity index (χ2v) is 6.23. The lowest BCUT2D eigenvalue weighted by atomic mass is 10.1. The minimum atomic E-state index is -0.189. The van der Waals surface area contributed by atoms with Crippen LogP contribution in [0.5, 0.6) is 5.75 Å². The van der Waals surface area contributed by atoms with Gasteiger partial charge in [0.05, 0.1) is 6.61 Å². The predicted molar refractivity (Wildman–Crippen MR) is 109 cm³/mol. The quantitative estimate of drug-likeness (QED) is 0.642. The van der Waals surface area contributed by atoms with Gasteiger partial charge < -0.3 is 15.4 Å². The van der Waals surface area contributed by atoms with E-state index in [1.54, 1.807) is 18.3 Å². The molecule has 0 radical (unpaired) electrons. The van der Waals surface area contributed by atoms with Crippen LogP contribution in [0.1, 0.15) is 28.4 Å². The van der Waals surface area contributed by atoms with Crippen molar-refractivity contribution < 1.29 is 9.53 Å². The van der Waals surface area contributed by atoms with Crippen LogP contribution in [0.15, 0.2) is 60.8 Å². The molecule has 0 saturated carbocycles. The summed E-state index contributed by atoms with van der Waals surface area (Å²) in [5.41, 5.74) is 4.51. The first-order valence-electron chi connectivity index (χ1n) is 8.90. The van der Waals surface area contributed by atoms with Gasteiger partial charge in [0, 0.05) is 23.1 Å². The Balaban J connectivity index is 1.73. The van der Waals surface area contributed by atoms with Crippen molar-refractivity contribution in [2.24, 2.45) is 0 Å². The van der Waals surface area contributed by atoms with E-state index < -0.39 is 0 Å². The standard InChI is InChI=1S/C22H23N3O2/c1-4-27-19-10-8-18(9-11-19)24-22(26)17-12-13-23-20(14-17)25-21-15(2)6-5-7-16(21)3/h5-14H,4H2,1-3H3,(H,23,25)(H,24,26). The monoisotopic (exact) mass is 361 g/mol. The molecule has 0 aliphatic carbocycles. The molecule has 1 heterocycles. The highest BCUT2D eigenvalue weighted by Crippen LogP contribution is 2.24. The Morgan fingerprint density at radius 1 is 1.04 bits per heavy atom. The number of hydrogen-bond acceptors (Lipinski definition) is 4. The molecule has 0 aliphatic rings. The molecule has 0 spiro atoms. The second kappa shape index (κ2) is 8.36. The Morgan fingerprint density at radius 3 is 2.41 bits per heavy atom. The number of aryl methyl sites for hydroxylation is 2. The average Bonchev–Trinajstić information content (AvgIpc) is 2.67. The summed E-state index contributed by atoms with van der Waals surface area (Å²) in [5, 5.41) is 6.20. The van der Waals surface area contributed by atoms with E-state index in [1.807, 2.05) is 63.2 Å². The Kier molecular flexibility index (Phi) is 5.71. The summed E-state index contributed by atoms with van der Waals surface area (Å²) in [6.07, 6.45) is 1.63. The van der Waals surface area contributed by atoms with Crippen LogP contribution in [0, 0.1) is 13.8 Å². The Morgan fingerprint density at radius 2 is 1.74 bits per heavy atom. The molecule has 138 valence electrons. The molecule has 2 aromatic carbocycles. The van der Waals surface area contributed by atoms with E-state index in [0.717, 1.165) is 22.6 Å². The number of nitrogens with zero attached hydrogens (tertiary/aromatic N) is 1. The first-order chi connectivity index (χ1) is 13.1. The number of hydrogen-bond donors (Lipinski definition) is 2. The summed E-state index contributed by atoms with van der Waals surface area (Å²) in [6.45, 7) is 6.62. The topological polar surface area (TPSA) is 63.2 Å². The lowest BCUT2D eigenvalue weighted by Crippen LogP contribution is -2.12. The maximum atomic E-state index is 12.6. The van der Waals surface area contributed by atoms with Gasteiger partial charge in [0.2, 0.25) is 0 Å². The van der Waals surface area contributed by atoms with Gasteiger partial charge in [-0.15, -0.1) is 0 Å². The highest BCUT2D eigenvalue weighted by Gasteiger charge is 2.09. The molecule has 2 N–H and O–H groups in total. The van der Waals surface area contributed by atoms with Crippen LogP contribution in [0.3, 0.4) is 0 Å². The van der Waals surface area contributed by atoms with Gasteiger partial charge in [0.25, 0.3) is 5.91 Å². The molecule has 0 aliphatic heterocycles. The van der Waals surface area contributed by atoms with Crippen LogP contribution < -0.4 is 15.4 Å². The number of nitrogens with one attached hydrogen (secondary N) is 2. The van der Waals surface area contributed by atoms with Crippen LogP contribution in [0.4, 0.5) is 17.2 Å². The van der Waals surface area contributed by atoms with Gasteiger partial charge >= 0.3 is 0 Å². The van der Waals surface area contributed by atoms with E-state index in [4.69, 9.17) is 4.74 Å². The van der Waals surface area contributed by atoms with E-state index in [9.17, 15) is 4.79 Å². The molecule has 0 fully saturated rings. The van der Waals surface area contributed by atoms with E-state index >= 15 is 0 Å². The average molecular weight is 361 g/mol. The largest absolute Gasteiger partial charge is 0.494 e. The van der Waals surface area contributed by atoms with Gasteiger partial charge in [-0.05, 0) is 68.3 Å². The maximum absolute atomic E-state index is 12.6. The highest BCUT2D eigenvalue weighted by atomic mass is 16.5. The highest BCUT2D eigenvalue weighted by molar-refractivity contribution is 6.04. The van der Waals surface area contributed by atoms with Crippen molar-refractivity contribution in [2.45, 2.75) is 20.8 Å². The maximum Gasteiger partial charge on any atom is 0.255 e.